The van der Waals surface area contributed by atoms with Gasteiger partial charge in [-0.05, 0) is 4.92 Å². The highest BCUT2D eigenvalue weighted by atomic mass is 16.7. The summed E-state index contributed by atoms with van der Waals surface area (Å²) in [6.45, 7) is -0.651. The molecule has 0 radical (unpaired) electrons. The first-order valence-electron chi connectivity index (χ1n) is 5.59. The smallest absolute Gasteiger partial charge is 0.467 e. The molecule has 0 aliphatic carbocycles. The van der Waals surface area contributed by atoms with Crippen LogP contribution in [0.2, 0.25) is 0 Å². The Morgan fingerprint density at radius 3 is 2.00 bits per heavy atom. The van der Waals surface area contributed by atoms with Crippen LogP contribution in [0.5, 0.6) is 0 Å². The summed E-state index contributed by atoms with van der Waals surface area (Å²) in [7, 11) is 2.07. The number of aromatic nitrogens is 2. The third-order valence-electron chi connectivity index (χ3n) is 2.28. The van der Waals surface area contributed by atoms with Gasteiger partial charge in [0.25, 0.3) is 0 Å². The average molecular weight is 334 g/mol. The van der Waals surface area contributed by atoms with Gasteiger partial charge >= 0.3 is 17.7 Å². The standard InChI is InChI=1S/C7H10N8O8/c1-22-9-12(16)6(13(17)10-23-2)4-11-3-5(14(18)19)7(8-11)15(20)21/h3,6H,4H2,1-2H3. The molecule has 0 unspecified atom stereocenters. The highest BCUT2D eigenvalue weighted by molar-refractivity contribution is 5.44. The van der Waals surface area contributed by atoms with Crippen LogP contribution < -0.4 is 0 Å². The van der Waals surface area contributed by atoms with Crippen molar-refractivity contribution >= 4 is 11.5 Å². The summed E-state index contributed by atoms with van der Waals surface area (Å²) in [4.78, 5) is 27.3. The maximum Gasteiger partial charge on any atom is 0.467 e. The van der Waals surface area contributed by atoms with Crippen molar-refractivity contribution in [3.8, 4) is 0 Å². The molecule has 0 N–H and O–H groups in total. The van der Waals surface area contributed by atoms with E-state index in [0.717, 1.165) is 14.2 Å². The third-order valence-corrected chi connectivity index (χ3v) is 2.28. The Hall–Kier alpha value is -3.59. The summed E-state index contributed by atoms with van der Waals surface area (Å²) in [5, 5.41) is 53.8. The maximum absolute atomic E-state index is 11.6. The van der Waals surface area contributed by atoms with E-state index in [-0.39, 0.29) is 9.72 Å². The van der Waals surface area contributed by atoms with Crippen molar-refractivity contribution in [3.63, 3.8) is 0 Å². The van der Waals surface area contributed by atoms with Gasteiger partial charge in [0, 0.05) is 9.72 Å². The fraction of sp³-hybridized carbons (Fsp3) is 0.571. The van der Waals surface area contributed by atoms with Crippen molar-refractivity contribution in [2.24, 2.45) is 10.6 Å². The molecule has 0 saturated heterocycles. The Labute approximate surface area is 126 Å². The van der Waals surface area contributed by atoms with E-state index in [1.54, 1.807) is 0 Å². The molecular weight excluding hydrogens is 324 g/mol. The highest BCUT2D eigenvalue weighted by Crippen LogP contribution is 2.24. The zero-order valence-electron chi connectivity index (χ0n) is 11.7. The van der Waals surface area contributed by atoms with Gasteiger partial charge in [0.2, 0.25) is 10.6 Å². The van der Waals surface area contributed by atoms with Gasteiger partial charge in [-0.2, -0.15) is 4.68 Å². The molecule has 16 heteroatoms. The van der Waals surface area contributed by atoms with Crippen molar-refractivity contribution in [1.29, 1.82) is 0 Å². The molecule has 0 saturated carbocycles. The van der Waals surface area contributed by atoms with Crippen LogP contribution in [0.3, 0.4) is 0 Å². The van der Waals surface area contributed by atoms with E-state index in [4.69, 9.17) is 0 Å². The molecule has 1 aromatic heterocycles. The highest BCUT2D eigenvalue weighted by Gasteiger charge is 2.37. The largest absolute Gasteiger partial charge is 0.592 e. The molecular formula is C7H10N8O8. The summed E-state index contributed by atoms with van der Waals surface area (Å²) < 4.78 is 0.660. The Morgan fingerprint density at radius 1 is 1.13 bits per heavy atom. The van der Waals surface area contributed by atoms with Crippen LogP contribution in [-0.2, 0) is 16.2 Å². The van der Waals surface area contributed by atoms with Crippen LogP contribution in [0.4, 0.5) is 11.5 Å². The Bertz CT molecular complexity index is 601. The summed E-state index contributed by atoms with van der Waals surface area (Å²) in [6.07, 6.45) is -1.05. The van der Waals surface area contributed by atoms with Crippen molar-refractivity contribution in [2.45, 2.75) is 12.7 Å². The number of hydrogen-bond acceptors (Lipinski definition) is 11. The maximum atomic E-state index is 11.6. The Balaban J connectivity index is 3.21. The second kappa shape index (κ2) is 7.43. The second-order valence-electron chi connectivity index (χ2n) is 3.69. The van der Waals surface area contributed by atoms with Crippen LogP contribution >= 0.6 is 0 Å². The summed E-state index contributed by atoms with van der Waals surface area (Å²) >= 11 is 0. The lowest BCUT2D eigenvalue weighted by molar-refractivity contribution is -0.798. The molecule has 0 atom stereocenters. The monoisotopic (exact) mass is 334 g/mol. The van der Waals surface area contributed by atoms with Gasteiger partial charge in [0.15, 0.2) is 6.54 Å². The molecule has 0 aliphatic heterocycles. The van der Waals surface area contributed by atoms with Crippen molar-refractivity contribution in [2.75, 3.05) is 14.2 Å². The molecule has 0 amide bonds. The number of nitrogens with zero attached hydrogens (tertiary/aromatic N) is 8. The minimum absolute atomic E-state index is 0.213. The zero-order valence-corrected chi connectivity index (χ0v) is 11.7. The van der Waals surface area contributed by atoms with Crippen molar-refractivity contribution < 1.29 is 29.2 Å². The Morgan fingerprint density at radius 2 is 1.65 bits per heavy atom. The molecule has 0 spiro atoms. The zero-order chi connectivity index (χ0) is 17.6. The summed E-state index contributed by atoms with van der Waals surface area (Å²) in [5.74, 6) is -1.05. The molecule has 126 valence electrons. The van der Waals surface area contributed by atoms with Crippen LogP contribution in [0.1, 0.15) is 0 Å². The van der Waals surface area contributed by atoms with Crippen molar-refractivity contribution in [3.05, 3.63) is 36.8 Å². The van der Waals surface area contributed by atoms with Gasteiger partial charge < -0.3 is 30.2 Å². The number of rotatable bonds is 8. The fourth-order valence-electron chi connectivity index (χ4n) is 1.41. The van der Waals surface area contributed by atoms with Gasteiger partial charge in [-0.1, -0.05) is 0 Å². The number of hydrogen-bond donors (Lipinski definition) is 0. The average Bonchev–Trinajstić information content (AvgIpc) is 2.89. The molecule has 1 rings (SSSR count). The van der Waals surface area contributed by atoms with Crippen LogP contribution in [0.25, 0.3) is 0 Å². The first-order chi connectivity index (χ1) is 10.8. The number of hydroxylamine groups is 2. The van der Waals surface area contributed by atoms with Crippen LogP contribution in [0, 0.1) is 30.6 Å². The quantitative estimate of drug-likeness (QED) is 0.207. The van der Waals surface area contributed by atoms with E-state index in [2.05, 4.69) is 25.3 Å². The fourth-order valence-corrected chi connectivity index (χ4v) is 1.41. The van der Waals surface area contributed by atoms with E-state index >= 15 is 0 Å². The molecule has 0 fully saturated rings. The van der Waals surface area contributed by atoms with Crippen LogP contribution in [-0.4, -0.2) is 49.7 Å². The molecule has 1 aromatic rings. The topological polar surface area (TPSA) is 199 Å². The SMILES string of the molecule is CON=[N+]([O-])C(Cn1cc([N+](=O)[O-])c([N+](=O)[O-])n1)[N+]([O-])=NOC. The van der Waals surface area contributed by atoms with Crippen LogP contribution in [0.15, 0.2) is 16.8 Å². The minimum Gasteiger partial charge on any atom is -0.592 e. The van der Waals surface area contributed by atoms with Gasteiger partial charge in [0.05, 0.1) is 10.0 Å². The van der Waals surface area contributed by atoms with E-state index < -0.39 is 34.1 Å². The van der Waals surface area contributed by atoms with Gasteiger partial charge in [-0.25, -0.2) is 0 Å². The number of nitro groups is 2. The molecule has 1 heterocycles. The lowest BCUT2D eigenvalue weighted by Gasteiger charge is -2.08. The van der Waals surface area contributed by atoms with Crippen molar-refractivity contribution in [1.82, 2.24) is 9.78 Å². The molecule has 16 nitrogen and oxygen atoms in total. The first kappa shape index (κ1) is 17.5. The van der Waals surface area contributed by atoms with Gasteiger partial charge in [-0.3, -0.25) is 10.1 Å². The third kappa shape index (κ3) is 4.19. The molecule has 23 heavy (non-hydrogen) atoms. The lowest BCUT2D eigenvalue weighted by atomic mass is 10.5. The van der Waals surface area contributed by atoms with E-state index in [1.807, 2.05) is 0 Å². The molecule has 0 aromatic carbocycles. The first-order valence-corrected chi connectivity index (χ1v) is 5.59. The minimum atomic E-state index is -1.74. The predicted octanol–water partition coefficient (Wildman–Crippen LogP) is 0.0734. The van der Waals surface area contributed by atoms with E-state index in [1.165, 1.54) is 0 Å². The predicted molar refractivity (Wildman–Crippen MR) is 65.5 cm³/mol. The Kier molecular flexibility index (Phi) is 5.64. The van der Waals surface area contributed by atoms with Gasteiger partial charge in [0.1, 0.15) is 20.4 Å². The van der Waals surface area contributed by atoms with Gasteiger partial charge in [-0.15, -0.1) is 0 Å². The summed E-state index contributed by atoms with van der Waals surface area (Å²) in [6, 6.07) is 0. The summed E-state index contributed by atoms with van der Waals surface area (Å²) in [5.41, 5.74) is -0.906. The lowest BCUT2D eigenvalue weighted by Crippen LogP contribution is -2.35. The second-order valence-corrected chi connectivity index (χ2v) is 3.69. The van der Waals surface area contributed by atoms with E-state index in [9.17, 15) is 30.6 Å². The normalized spacial score (nSPS) is 13.5. The molecule has 0 bridgehead atoms. The van der Waals surface area contributed by atoms with E-state index in [0.29, 0.717) is 10.9 Å². The molecule has 0 aliphatic rings.